The van der Waals surface area contributed by atoms with Gasteiger partial charge in [-0.1, -0.05) is 114 Å². The molecule has 0 fully saturated rings. The van der Waals surface area contributed by atoms with Crippen LogP contribution in [-0.2, 0) is 13.1 Å². The summed E-state index contributed by atoms with van der Waals surface area (Å²) in [4.78, 5) is 2.61. The van der Waals surface area contributed by atoms with E-state index < -0.39 is 0 Å². The van der Waals surface area contributed by atoms with Gasteiger partial charge in [0.1, 0.15) is 0 Å². The van der Waals surface area contributed by atoms with Gasteiger partial charge in [-0.25, -0.2) is 0 Å². The van der Waals surface area contributed by atoms with Crippen LogP contribution in [0.4, 0.5) is 0 Å². The molecule has 0 saturated carbocycles. The second kappa shape index (κ2) is 12.7. The smallest absolute Gasteiger partial charge is 0.0237 e. The van der Waals surface area contributed by atoms with Gasteiger partial charge >= 0.3 is 0 Å². The summed E-state index contributed by atoms with van der Waals surface area (Å²) in [6, 6.07) is 21.8. The van der Waals surface area contributed by atoms with Crippen molar-refractivity contribution in [3.05, 3.63) is 71.8 Å². The van der Waals surface area contributed by atoms with Crippen molar-refractivity contribution in [2.75, 3.05) is 6.54 Å². The Kier molecular flexibility index (Phi) is 10.2. The van der Waals surface area contributed by atoms with Gasteiger partial charge in [-0.15, -0.1) is 0 Å². The van der Waals surface area contributed by atoms with Crippen molar-refractivity contribution in [1.82, 2.24) is 4.90 Å². The predicted octanol–water partition coefficient (Wildman–Crippen LogP) is 7.32. The van der Waals surface area contributed by atoms with Crippen LogP contribution in [0, 0.1) is 11.8 Å². The topological polar surface area (TPSA) is 3.24 Å². The Balaban J connectivity index is 1.82. The van der Waals surface area contributed by atoms with Gasteiger partial charge in [-0.05, 0) is 35.9 Å². The summed E-state index contributed by atoms with van der Waals surface area (Å²) in [5, 5.41) is 0. The molecule has 148 valence electrons. The third kappa shape index (κ3) is 9.24. The van der Waals surface area contributed by atoms with Crippen LogP contribution in [0.3, 0.4) is 0 Å². The van der Waals surface area contributed by atoms with Gasteiger partial charge in [-0.2, -0.15) is 0 Å². The first-order chi connectivity index (χ1) is 13.2. The largest absolute Gasteiger partial charge is 0.295 e. The third-order valence-corrected chi connectivity index (χ3v) is 5.61. The Hall–Kier alpha value is -1.60. The molecule has 2 rings (SSSR count). The van der Waals surface area contributed by atoms with Crippen LogP contribution in [0.25, 0.3) is 0 Å². The van der Waals surface area contributed by atoms with Crippen molar-refractivity contribution in [3.8, 4) is 0 Å². The summed E-state index contributed by atoms with van der Waals surface area (Å²) in [5.74, 6) is 1.71. The van der Waals surface area contributed by atoms with Crippen LogP contribution < -0.4 is 0 Å². The van der Waals surface area contributed by atoms with E-state index >= 15 is 0 Å². The molecule has 0 N–H and O–H groups in total. The summed E-state index contributed by atoms with van der Waals surface area (Å²) >= 11 is 0. The number of rotatable bonds is 13. The highest BCUT2D eigenvalue weighted by Gasteiger charge is 2.11. The summed E-state index contributed by atoms with van der Waals surface area (Å²) in [6.45, 7) is 10.4. The molecule has 2 atom stereocenters. The van der Waals surface area contributed by atoms with Crippen molar-refractivity contribution in [2.45, 2.75) is 72.4 Å². The van der Waals surface area contributed by atoms with Crippen LogP contribution in [-0.4, -0.2) is 11.4 Å². The van der Waals surface area contributed by atoms with Crippen molar-refractivity contribution >= 4 is 0 Å². The lowest BCUT2D eigenvalue weighted by molar-refractivity contribution is 0.234. The van der Waals surface area contributed by atoms with Crippen LogP contribution in [0.1, 0.15) is 70.4 Å². The fourth-order valence-corrected chi connectivity index (χ4v) is 3.90. The minimum atomic E-state index is 0.813. The number of hydrogen-bond acceptors (Lipinski definition) is 1. The van der Waals surface area contributed by atoms with E-state index in [0.29, 0.717) is 0 Å². The predicted molar refractivity (Wildman–Crippen MR) is 119 cm³/mol. The third-order valence-electron chi connectivity index (χ3n) is 5.61. The molecule has 1 heteroatoms. The van der Waals surface area contributed by atoms with E-state index in [1.165, 1.54) is 56.2 Å². The molecule has 0 heterocycles. The number of nitrogens with zero attached hydrogens (tertiary/aromatic N) is 1. The van der Waals surface area contributed by atoms with E-state index in [2.05, 4.69) is 86.3 Å². The van der Waals surface area contributed by atoms with Gasteiger partial charge in [0.05, 0.1) is 0 Å². The summed E-state index contributed by atoms with van der Waals surface area (Å²) in [5.41, 5.74) is 2.82. The fourth-order valence-electron chi connectivity index (χ4n) is 3.90. The lowest BCUT2D eigenvalue weighted by Gasteiger charge is -2.24. The molecule has 0 amide bonds. The zero-order valence-electron chi connectivity index (χ0n) is 17.7. The van der Waals surface area contributed by atoms with E-state index in [1.54, 1.807) is 0 Å². The Labute approximate surface area is 167 Å². The molecule has 0 aliphatic carbocycles. The molecule has 2 aromatic carbocycles. The molecule has 27 heavy (non-hydrogen) atoms. The average molecular weight is 366 g/mol. The fraction of sp³-hybridized carbons (Fsp3) is 0.538. The molecular weight excluding hydrogens is 326 g/mol. The SMILES string of the molecule is CCCC(C)CCCC(C)CCN(Cc1ccccc1)Cc1ccccc1. The maximum absolute atomic E-state index is 2.61. The van der Waals surface area contributed by atoms with Gasteiger partial charge in [0.25, 0.3) is 0 Å². The van der Waals surface area contributed by atoms with Gasteiger partial charge in [0.15, 0.2) is 0 Å². The van der Waals surface area contributed by atoms with Gasteiger partial charge in [0.2, 0.25) is 0 Å². The quantitative estimate of drug-likeness (QED) is 0.359. The maximum Gasteiger partial charge on any atom is 0.0237 e. The molecule has 0 aliphatic rings. The Bertz CT molecular complexity index is 551. The molecular formula is C26H39N. The normalized spacial score (nSPS) is 13.6. The van der Waals surface area contributed by atoms with Crippen LogP contribution in [0.2, 0.25) is 0 Å². The molecule has 0 saturated heterocycles. The summed E-state index contributed by atoms with van der Waals surface area (Å²) in [7, 11) is 0. The molecule has 0 aromatic heterocycles. The Morgan fingerprint density at radius 2 is 1.15 bits per heavy atom. The minimum absolute atomic E-state index is 0.813. The standard InChI is InChI=1S/C26H39N/c1-4-12-23(2)13-11-14-24(3)19-20-27(21-25-15-7-5-8-16-25)22-26-17-9-6-10-18-26/h5-10,15-18,23-24H,4,11-14,19-22H2,1-3H3. The second-order valence-corrected chi connectivity index (χ2v) is 8.40. The van der Waals surface area contributed by atoms with Crippen molar-refractivity contribution in [3.63, 3.8) is 0 Å². The van der Waals surface area contributed by atoms with E-state index in [1.807, 2.05) is 0 Å². The van der Waals surface area contributed by atoms with Crippen LogP contribution >= 0.6 is 0 Å². The second-order valence-electron chi connectivity index (χ2n) is 8.40. The van der Waals surface area contributed by atoms with Crippen molar-refractivity contribution < 1.29 is 0 Å². The zero-order chi connectivity index (χ0) is 19.3. The molecule has 2 unspecified atom stereocenters. The van der Waals surface area contributed by atoms with Crippen LogP contribution in [0.15, 0.2) is 60.7 Å². The first-order valence-electron chi connectivity index (χ1n) is 11.0. The van der Waals surface area contributed by atoms with E-state index in [0.717, 1.165) is 24.9 Å². The Morgan fingerprint density at radius 3 is 1.63 bits per heavy atom. The lowest BCUT2D eigenvalue weighted by atomic mass is 9.94. The zero-order valence-corrected chi connectivity index (χ0v) is 17.7. The monoisotopic (exact) mass is 365 g/mol. The van der Waals surface area contributed by atoms with E-state index in [-0.39, 0.29) is 0 Å². The number of hydrogen-bond donors (Lipinski definition) is 0. The number of benzene rings is 2. The minimum Gasteiger partial charge on any atom is -0.295 e. The lowest BCUT2D eigenvalue weighted by Crippen LogP contribution is -2.25. The van der Waals surface area contributed by atoms with Crippen LogP contribution in [0.5, 0.6) is 0 Å². The first kappa shape index (κ1) is 21.7. The van der Waals surface area contributed by atoms with Gasteiger partial charge < -0.3 is 0 Å². The van der Waals surface area contributed by atoms with Crippen molar-refractivity contribution in [1.29, 1.82) is 0 Å². The highest BCUT2D eigenvalue weighted by atomic mass is 15.1. The maximum atomic E-state index is 2.61. The van der Waals surface area contributed by atoms with Gasteiger partial charge in [0, 0.05) is 13.1 Å². The molecule has 0 bridgehead atoms. The molecule has 0 radical (unpaired) electrons. The van der Waals surface area contributed by atoms with Gasteiger partial charge in [-0.3, -0.25) is 4.90 Å². The average Bonchev–Trinajstić information content (AvgIpc) is 2.68. The highest BCUT2D eigenvalue weighted by Crippen LogP contribution is 2.19. The Morgan fingerprint density at radius 1 is 0.667 bits per heavy atom. The van der Waals surface area contributed by atoms with Crippen molar-refractivity contribution in [2.24, 2.45) is 11.8 Å². The summed E-state index contributed by atoms with van der Waals surface area (Å²) < 4.78 is 0. The summed E-state index contributed by atoms with van der Waals surface area (Å²) in [6.07, 6.45) is 8.16. The first-order valence-corrected chi connectivity index (χ1v) is 11.0. The van der Waals surface area contributed by atoms with E-state index in [4.69, 9.17) is 0 Å². The molecule has 0 aliphatic heterocycles. The molecule has 0 spiro atoms. The molecule has 2 aromatic rings. The highest BCUT2D eigenvalue weighted by molar-refractivity contribution is 5.17. The van der Waals surface area contributed by atoms with E-state index in [9.17, 15) is 0 Å². The molecule has 1 nitrogen and oxygen atoms in total.